The highest BCUT2D eigenvalue weighted by Crippen LogP contribution is 2.63. The van der Waals surface area contributed by atoms with Gasteiger partial charge in [-0.1, -0.05) is 62.3 Å². The van der Waals surface area contributed by atoms with Crippen LogP contribution in [0.25, 0.3) is 0 Å². The summed E-state index contributed by atoms with van der Waals surface area (Å²) in [6, 6.07) is 0. The van der Waals surface area contributed by atoms with Crippen LogP contribution >= 0.6 is 0 Å². The standard InChI is InChI=1S/C18H30O3/c1-14(2,3)11-10-17(15(4,5)6)13(21-17)18(20,12(11)19)16(7,8)9/h10,13,20H,1-9H3. The number of hydrogen-bond acceptors (Lipinski definition) is 3. The maximum atomic E-state index is 13.0. The molecule has 1 N–H and O–H groups in total. The molecule has 1 saturated heterocycles. The second-order valence-corrected chi connectivity index (χ2v) is 9.69. The molecule has 0 bridgehead atoms. The van der Waals surface area contributed by atoms with E-state index in [2.05, 4.69) is 20.8 Å². The highest BCUT2D eigenvalue weighted by atomic mass is 16.6. The number of ether oxygens (including phenoxy) is 1. The average Bonchev–Trinajstić information content (AvgIpc) is 2.95. The van der Waals surface area contributed by atoms with E-state index in [9.17, 15) is 9.90 Å². The summed E-state index contributed by atoms with van der Waals surface area (Å²) < 4.78 is 6.02. The SMILES string of the molecule is CC(C)(C)C1=CC2(C(C)(C)C)OC2C(O)(C(C)(C)C)C1=O. The minimum Gasteiger partial charge on any atom is -0.378 e. The van der Waals surface area contributed by atoms with Crippen LogP contribution in [-0.2, 0) is 9.53 Å². The van der Waals surface area contributed by atoms with Crippen LogP contribution in [0.1, 0.15) is 62.3 Å². The third-order valence-corrected chi connectivity index (χ3v) is 5.10. The molecule has 21 heavy (non-hydrogen) atoms. The lowest BCUT2D eigenvalue weighted by Crippen LogP contribution is -2.61. The van der Waals surface area contributed by atoms with E-state index in [1.807, 2.05) is 47.6 Å². The predicted molar refractivity (Wildman–Crippen MR) is 84.0 cm³/mol. The van der Waals surface area contributed by atoms with E-state index in [0.717, 1.165) is 0 Å². The average molecular weight is 294 g/mol. The number of carbonyl (C=O) groups excluding carboxylic acids is 1. The van der Waals surface area contributed by atoms with Crippen molar-refractivity contribution in [3.63, 3.8) is 0 Å². The minimum atomic E-state index is -1.47. The second-order valence-electron chi connectivity index (χ2n) is 9.69. The maximum Gasteiger partial charge on any atom is 0.194 e. The van der Waals surface area contributed by atoms with Crippen molar-refractivity contribution in [3.8, 4) is 0 Å². The first-order valence-electron chi connectivity index (χ1n) is 7.77. The van der Waals surface area contributed by atoms with Gasteiger partial charge in [0.25, 0.3) is 0 Å². The number of hydrogen-bond donors (Lipinski definition) is 1. The van der Waals surface area contributed by atoms with Crippen LogP contribution in [0.3, 0.4) is 0 Å². The first kappa shape index (κ1) is 16.7. The topological polar surface area (TPSA) is 49.8 Å². The normalized spacial score (nSPS) is 37.1. The Morgan fingerprint density at radius 1 is 1.00 bits per heavy atom. The monoisotopic (exact) mass is 294 g/mol. The molecule has 0 saturated carbocycles. The van der Waals surface area contributed by atoms with E-state index in [0.29, 0.717) is 5.57 Å². The molecule has 2 rings (SSSR count). The molecule has 0 amide bonds. The number of carbonyl (C=O) groups is 1. The summed E-state index contributed by atoms with van der Waals surface area (Å²) in [6.07, 6.45) is 1.53. The highest BCUT2D eigenvalue weighted by Gasteiger charge is 2.77. The molecular weight excluding hydrogens is 264 g/mol. The number of ketones is 1. The summed E-state index contributed by atoms with van der Waals surface area (Å²) >= 11 is 0. The first-order valence-corrected chi connectivity index (χ1v) is 7.77. The van der Waals surface area contributed by atoms with Crippen molar-refractivity contribution in [1.82, 2.24) is 0 Å². The van der Waals surface area contributed by atoms with Crippen molar-refractivity contribution >= 4 is 5.78 Å². The third kappa shape index (κ3) is 2.04. The van der Waals surface area contributed by atoms with Gasteiger partial charge in [-0.3, -0.25) is 4.79 Å². The maximum absolute atomic E-state index is 13.0. The minimum absolute atomic E-state index is 0.173. The molecule has 0 spiro atoms. The summed E-state index contributed by atoms with van der Waals surface area (Å²) in [5.74, 6) is -0.176. The van der Waals surface area contributed by atoms with Crippen molar-refractivity contribution in [2.75, 3.05) is 0 Å². The third-order valence-electron chi connectivity index (χ3n) is 5.10. The van der Waals surface area contributed by atoms with Crippen LogP contribution in [0.2, 0.25) is 0 Å². The van der Waals surface area contributed by atoms with Crippen molar-refractivity contribution in [2.45, 2.75) is 79.6 Å². The molecule has 3 nitrogen and oxygen atoms in total. The first-order chi connectivity index (χ1) is 9.09. The Hall–Kier alpha value is -0.670. The van der Waals surface area contributed by atoms with Crippen LogP contribution in [0.5, 0.6) is 0 Å². The van der Waals surface area contributed by atoms with Gasteiger partial charge in [0.05, 0.1) is 0 Å². The molecule has 0 aromatic heterocycles. The molecule has 3 unspecified atom stereocenters. The molecule has 3 atom stereocenters. The van der Waals surface area contributed by atoms with Gasteiger partial charge < -0.3 is 9.84 Å². The summed E-state index contributed by atoms with van der Waals surface area (Å²) in [4.78, 5) is 13.0. The van der Waals surface area contributed by atoms with Crippen molar-refractivity contribution in [3.05, 3.63) is 11.6 Å². The second kappa shape index (κ2) is 3.99. The summed E-state index contributed by atoms with van der Waals surface area (Å²) in [7, 11) is 0. The smallest absolute Gasteiger partial charge is 0.194 e. The van der Waals surface area contributed by atoms with Gasteiger partial charge in [0.1, 0.15) is 11.7 Å². The molecule has 3 heteroatoms. The molecule has 0 radical (unpaired) electrons. The fourth-order valence-corrected chi connectivity index (χ4v) is 3.35. The number of rotatable bonds is 0. The van der Waals surface area contributed by atoms with Crippen LogP contribution in [-0.4, -0.2) is 28.2 Å². The largest absolute Gasteiger partial charge is 0.378 e. The zero-order valence-electron chi connectivity index (χ0n) is 14.9. The zero-order chi connectivity index (χ0) is 16.6. The Morgan fingerprint density at radius 2 is 1.48 bits per heavy atom. The van der Waals surface area contributed by atoms with E-state index in [4.69, 9.17) is 4.74 Å². The summed E-state index contributed by atoms with van der Waals surface area (Å²) in [6.45, 7) is 18.1. The van der Waals surface area contributed by atoms with Gasteiger partial charge in [-0.05, 0) is 16.9 Å². The molecule has 1 aliphatic carbocycles. The quantitative estimate of drug-likeness (QED) is 0.696. The van der Waals surface area contributed by atoms with Gasteiger partial charge in [-0.15, -0.1) is 0 Å². The van der Waals surface area contributed by atoms with E-state index >= 15 is 0 Å². The Bertz CT molecular complexity index is 510. The highest BCUT2D eigenvalue weighted by molar-refractivity contribution is 6.06. The molecule has 1 fully saturated rings. The number of epoxide rings is 1. The Labute approximate surface area is 128 Å². The molecule has 1 heterocycles. The molecule has 0 aromatic rings. The van der Waals surface area contributed by atoms with Crippen LogP contribution in [0.4, 0.5) is 0 Å². The van der Waals surface area contributed by atoms with E-state index in [1.165, 1.54) is 0 Å². The van der Waals surface area contributed by atoms with E-state index < -0.39 is 22.7 Å². The Morgan fingerprint density at radius 3 is 1.81 bits per heavy atom. The summed E-state index contributed by atoms with van der Waals surface area (Å²) in [5.41, 5.74) is -2.40. The predicted octanol–water partition coefficient (Wildman–Crippen LogP) is 3.50. The lowest BCUT2D eigenvalue weighted by molar-refractivity contribution is -0.151. The number of aliphatic hydroxyl groups is 1. The van der Waals surface area contributed by atoms with Gasteiger partial charge >= 0.3 is 0 Å². The molecule has 1 aliphatic heterocycles. The molecule has 120 valence electrons. The Kier molecular flexibility index (Phi) is 3.17. The van der Waals surface area contributed by atoms with Crippen molar-refractivity contribution in [2.24, 2.45) is 16.2 Å². The number of Topliss-reactive ketones (excluding diaryl/α,β-unsaturated/α-hetero) is 1. The van der Waals surface area contributed by atoms with Crippen LogP contribution in [0, 0.1) is 16.2 Å². The van der Waals surface area contributed by atoms with Crippen molar-refractivity contribution in [1.29, 1.82) is 0 Å². The van der Waals surface area contributed by atoms with Crippen LogP contribution in [0.15, 0.2) is 11.6 Å². The van der Waals surface area contributed by atoms with Gasteiger partial charge in [-0.25, -0.2) is 0 Å². The zero-order valence-corrected chi connectivity index (χ0v) is 14.9. The van der Waals surface area contributed by atoms with Gasteiger partial charge in [0, 0.05) is 11.0 Å². The van der Waals surface area contributed by atoms with E-state index in [-0.39, 0.29) is 16.6 Å². The van der Waals surface area contributed by atoms with Gasteiger partial charge in [0.15, 0.2) is 11.4 Å². The van der Waals surface area contributed by atoms with Gasteiger partial charge in [0.2, 0.25) is 0 Å². The van der Waals surface area contributed by atoms with E-state index in [1.54, 1.807) is 0 Å². The van der Waals surface area contributed by atoms with Crippen molar-refractivity contribution < 1.29 is 14.6 Å². The fourth-order valence-electron chi connectivity index (χ4n) is 3.35. The molecular formula is C18H30O3. The molecule has 2 aliphatic rings. The Balaban J connectivity index is 2.69. The fraction of sp³-hybridized carbons (Fsp3) is 0.833. The van der Waals surface area contributed by atoms with Crippen LogP contribution < -0.4 is 0 Å². The number of fused-ring (bicyclic) bond motifs is 1. The lowest BCUT2D eigenvalue weighted by Gasteiger charge is -2.45. The summed E-state index contributed by atoms with van der Waals surface area (Å²) in [5, 5.41) is 11.3. The molecule has 0 aromatic carbocycles. The lowest BCUT2D eigenvalue weighted by atomic mass is 9.58. The van der Waals surface area contributed by atoms with Gasteiger partial charge in [-0.2, -0.15) is 0 Å².